The summed E-state index contributed by atoms with van der Waals surface area (Å²) in [6.45, 7) is -4.24. The van der Waals surface area contributed by atoms with E-state index in [4.69, 9.17) is 9.47 Å². The molecule has 2 N–H and O–H groups in total. The Labute approximate surface area is 332 Å². The van der Waals surface area contributed by atoms with Crippen LogP contribution in [0.4, 0.5) is 21.0 Å². The zero-order valence-corrected chi connectivity index (χ0v) is 32.1. The first-order chi connectivity index (χ1) is 27.9. The molecular formula is C42H39N4O11P. The SMILES string of the molecule is CC(NC(=O)OCc1ccccc1[N+](=O)[O-])C1C(=O)N(CP(C(=O)OCc2ccccc2[N+](=O)[O-])(c2ccccc2)(c2ccccc2)c2ccccc2)C1CC(=O)O. The third-order valence-corrected chi connectivity index (χ3v) is 16.7. The summed E-state index contributed by atoms with van der Waals surface area (Å²) in [7, 11) is 0. The Kier molecular flexibility index (Phi) is 11.9. The average molecular weight is 807 g/mol. The Hall–Kier alpha value is -6.99. The molecule has 5 aromatic carbocycles. The number of β-lactam (4-membered cyclic amide) rings is 1. The Bertz CT molecular complexity index is 2250. The Morgan fingerprint density at radius 2 is 1.12 bits per heavy atom. The molecule has 1 saturated heterocycles. The van der Waals surface area contributed by atoms with Gasteiger partial charge in [-0.2, -0.15) is 0 Å². The molecule has 0 bridgehead atoms. The molecule has 3 atom stereocenters. The number of carbonyl (C=O) groups excluding carboxylic acids is 3. The monoisotopic (exact) mass is 806 g/mol. The topological polar surface area (TPSA) is 209 Å². The summed E-state index contributed by atoms with van der Waals surface area (Å²) >= 11 is 0. The summed E-state index contributed by atoms with van der Waals surface area (Å²) in [5.74, 6) is -2.87. The molecule has 0 spiro atoms. The van der Waals surface area contributed by atoms with E-state index >= 15 is 4.79 Å². The minimum absolute atomic E-state index is 0.143. The van der Waals surface area contributed by atoms with Crippen molar-refractivity contribution in [2.75, 3.05) is 6.29 Å². The van der Waals surface area contributed by atoms with Crippen molar-refractivity contribution in [1.29, 1.82) is 0 Å². The average Bonchev–Trinajstić information content (AvgIpc) is 3.23. The van der Waals surface area contributed by atoms with Gasteiger partial charge in [-0.3, -0.25) is 10.1 Å². The number of likely N-dealkylation sites (tertiary alicyclic amines) is 1. The van der Waals surface area contributed by atoms with Crippen LogP contribution < -0.4 is 21.2 Å². The summed E-state index contributed by atoms with van der Waals surface area (Å²) in [4.78, 5) is 79.3. The van der Waals surface area contributed by atoms with Gasteiger partial charge in [0.1, 0.15) is 0 Å². The fourth-order valence-corrected chi connectivity index (χ4v) is 13.7. The second-order valence-corrected chi connectivity index (χ2v) is 18.6. The Balaban J connectivity index is 1.43. The van der Waals surface area contributed by atoms with E-state index in [0.717, 1.165) is 0 Å². The fourth-order valence-electron chi connectivity index (χ4n) is 7.78. The quantitative estimate of drug-likeness (QED) is 0.0493. The van der Waals surface area contributed by atoms with Gasteiger partial charge in [-0.25, -0.2) is 0 Å². The number of carboxylic acids is 1. The molecule has 6 rings (SSSR count). The standard InChI is InChI=1S/C42H39N4O11P/c1-29(43-41(50)56-26-30-15-11-13-23-35(30)45(52)53)39-37(25-38(47)48)44(40(39)49)28-58(32-17-5-2-6-18-32,33-19-7-3-8-20-33,34-21-9-4-10-22-34)42(51)57-27-31-16-12-14-24-36(31)46(54)55/h2-24,29,37,39H,25-28H2,1H3,(H,43,50)(H,47,48). The number of para-hydroxylation sites is 2. The molecule has 298 valence electrons. The molecule has 1 aliphatic heterocycles. The van der Waals surface area contributed by atoms with Crippen LogP contribution in [0.2, 0.25) is 0 Å². The number of nitrogens with zero attached hydrogens (tertiary/aromatic N) is 3. The number of aliphatic carboxylic acids is 1. The van der Waals surface area contributed by atoms with E-state index in [1.165, 1.54) is 48.2 Å². The molecule has 2 amide bonds. The summed E-state index contributed by atoms with van der Waals surface area (Å²) < 4.78 is 11.5. The number of hydrogen-bond donors (Lipinski definition) is 2. The molecule has 58 heavy (non-hydrogen) atoms. The van der Waals surface area contributed by atoms with E-state index in [1.807, 2.05) is 0 Å². The van der Waals surface area contributed by atoms with E-state index in [9.17, 15) is 39.7 Å². The Morgan fingerprint density at radius 1 is 0.707 bits per heavy atom. The molecule has 0 aliphatic carbocycles. The first-order valence-corrected chi connectivity index (χ1v) is 20.6. The van der Waals surface area contributed by atoms with Crippen LogP contribution in [-0.4, -0.2) is 61.9 Å². The minimum atomic E-state index is -4.84. The van der Waals surface area contributed by atoms with Gasteiger partial charge in [0, 0.05) is 0 Å². The number of nitrogens with one attached hydrogen (secondary N) is 1. The number of benzene rings is 5. The van der Waals surface area contributed by atoms with E-state index in [-0.39, 0.29) is 28.8 Å². The molecule has 1 fully saturated rings. The first kappa shape index (κ1) is 40.7. The predicted molar refractivity (Wildman–Crippen MR) is 216 cm³/mol. The van der Waals surface area contributed by atoms with Gasteiger partial charge in [0.25, 0.3) is 0 Å². The maximum atomic E-state index is 15.7. The zero-order chi connectivity index (χ0) is 41.5. The number of carboxylic acid groups (broad SMARTS) is 1. The molecule has 1 heterocycles. The summed E-state index contributed by atoms with van der Waals surface area (Å²) in [6, 6.07) is 35.9. The maximum absolute atomic E-state index is 15.7. The number of carbonyl (C=O) groups is 4. The van der Waals surface area contributed by atoms with Crippen LogP contribution in [0.5, 0.6) is 0 Å². The second-order valence-electron chi connectivity index (χ2n) is 13.8. The summed E-state index contributed by atoms with van der Waals surface area (Å²) in [5.41, 5.74) is -0.967. The summed E-state index contributed by atoms with van der Waals surface area (Å²) in [6.07, 6.45) is -1.88. The Morgan fingerprint density at radius 3 is 1.55 bits per heavy atom. The van der Waals surface area contributed by atoms with Gasteiger partial charge >= 0.3 is 317 Å². The fraction of sp³-hybridized carbons (Fsp3) is 0.190. The van der Waals surface area contributed by atoms with Crippen LogP contribution in [0, 0.1) is 26.1 Å². The van der Waals surface area contributed by atoms with Crippen molar-refractivity contribution in [3.05, 3.63) is 171 Å². The van der Waals surface area contributed by atoms with Gasteiger partial charge in [-0.05, 0) is 0 Å². The van der Waals surface area contributed by atoms with Gasteiger partial charge in [0.2, 0.25) is 0 Å². The van der Waals surface area contributed by atoms with Gasteiger partial charge in [0.05, 0.1) is 0 Å². The molecule has 15 nitrogen and oxygen atoms in total. The first-order valence-electron chi connectivity index (χ1n) is 18.1. The van der Waals surface area contributed by atoms with Gasteiger partial charge in [-0.1, -0.05) is 6.07 Å². The van der Waals surface area contributed by atoms with Gasteiger partial charge in [-0.15, -0.1) is 0 Å². The van der Waals surface area contributed by atoms with Crippen molar-refractivity contribution < 1.29 is 43.6 Å². The van der Waals surface area contributed by atoms with Crippen LogP contribution in [0.25, 0.3) is 0 Å². The number of amides is 2. The molecule has 16 heteroatoms. The molecule has 3 unspecified atom stereocenters. The van der Waals surface area contributed by atoms with Crippen LogP contribution in [0.3, 0.4) is 0 Å². The van der Waals surface area contributed by atoms with E-state index in [2.05, 4.69) is 5.32 Å². The van der Waals surface area contributed by atoms with Gasteiger partial charge in [0.15, 0.2) is 0 Å². The number of alkyl carbamates (subject to hydrolysis) is 1. The second kappa shape index (κ2) is 17.0. The van der Waals surface area contributed by atoms with Crippen LogP contribution in [0.1, 0.15) is 24.5 Å². The van der Waals surface area contributed by atoms with Crippen molar-refractivity contribution >= 4 is 57.6 Å². The van der Waals surface area contributed by atoms with Crippen molar-refractivity contribution in [2.24, 2.45) is 5.92 Å². The zero-order valence-electron chi connectivity index (χ0n) is 31.2. The number of hydrogen-bond acceptors (Lipinski definition) is 10. The molecule has 0 saturated carbocycles. The van der Waals surface area contributed by atoms with Crippen LogP contribution in [-0.2, 0) is 32.3 Å². The molecular weight excluding hydrogens is 767 g/mol. The van der Waals surface area contributed by atoms with Crippen LogP contribution in [0.15, 0.2) is 140 Å². The molecule has 5 aromatic rings. The molecule has 0 radical (unpaired) electrons. The number of ether oxygens (including phenoxy) is 2. The van der Waals surface area contributed by atoms with E-state index in [1.54, 1.807) is 103 Å². The van der Waals surface area contributed by atoms with Gasteiger partial charge < -0.3 is 0 Å². The third-order valence-electron chi connectivity index (χ3n) is 10.6. The number of rotatable bonds is 16. The third kappa shape index (κ3) is 7.47. The van der Waals surface area contributed by atoms with E-state index in [0.29, 0.717) is 15.9 Å². The van der Waals surface area contributed by atoms with Crippen molar-refractivity contribution in [3.63, 3.8) is 0 Å². The molecule has 0 aromatic heterocycles. The number of nitro benzene ring substituents is 2. The van der Waals surface area contributed by atoms with E-state index < -0.39 is 77.8 Å². The summed E-state index contributed by atoms with van der Waals surface area (Å²) in [5, 5.41) is 37.7. The van der Waals surface area contributed by atoms with Crippen molar-refractivity contribution in [1.82, 2.24) is 10.2 Å². The van der Waals surface area contributed by atoms with Crippen molar-refractivity contribution in [3.8, 4) is 0 Å². The molecule has 1 aliphatic rings. The predicted octanol–water partition coefficient (Wildman–Crippen LogP) is 6.24. The van der Waals surface area contributed by atoms with Crippen molar-refractivity contribution in [2.45, 2.75) is 38.6 Å². The number of nitro groups is 2. The normalized spacial score (nSPS) is 16.1. The van der Waals surface area contributed by atoms with Crippen LogP contribution >= 0.6 is 6.60 Å².